The van der Waals surface area contributed by atoms with E-state index in [1.165, 1.54) is 11.3 Å². The summed E-state index contributed by atoms with van der Waals surface area (Å²) in [4.78, 5) is 29.0. The minimum Gasteiger partial charge on any atom is -0.450 e. The summed E-state index contributed by atoms with van der Waals surface area (Å²) in [5, 5.41) is 6.45. The molecule has 0 saturated carbocycles. The highest BCUT2D eigenvalue weighted by Crippen LogP contribution is 2.28. The minimum atomic E-state index is -0.522. The molecule has 134 valence electrons. The summed E-state index contributed by atoms with van der Waals surface area (Å²) in [6.45, 7) is 10.0. The third-order valence-corrected chi connectivity index (χ3v) is 4.89. The van der Waals surface area contributed by atoms with E-state index in [1.807, 2.05) is 6.92 Å². The van der Waals surface area contributed by atoms with Crippen LogP contribution in [0.3, 0.4) is 0 Å². The van der Waals surface area contributed by atoms with Gasteiger partial charge in [0, 0.05) is 16.8 Å². The van der Waals surface area contributed by atoms with Crippen molar-refractivity contribution >= 4 is 34.7 Å². The van der Waals surface area contributed by atoms with E-state index >= 15 is 0 Å². The Balaban J connectivity index is 2.16. The maximum Gasteiger partial charge on any atom is 0.411 e. The number of anilines is 2. The van der Waals surface area contributed by atoms with Gasteiger partial charge in [-0.05, 0) is 31.5 Å². The Bertz CT molecular complexity index is 778. The largest absolute Gasteiger partial charge is 0.450 e. The van der Waals surface area contributed by atoms with Crippen LogP contribution in [0.2, 0.25) is 0 Å². The number of nitrogens with zero attached hydrogens (tertiary/aromatic N) is 1. The quantitative estimate of drug-likeness (QED) is 0.836. The van der Waals surface area contributed by atoms with Gasteiger partial charge < -0.3 is 10.1 Å². The van der Waals surface area contributed by atoms with Crippen molar-refractivity contribution in [2.24, 2.45) is 0 Å². The summed E-state index contributed by atoms with van der Waals surface area (Å²) < 4.78 is 4.88. The van der Waals surface area contributed by atoms with Crippen molar-refractivity contribution in [1.29, 1.82) is 0 Å². The molecule has 0 atom stereocenters. The zero-order valence-electron chi connectivity index (χ0n) is 15.1. The van der Waals surface area contributed by atoms with Crippen LogP contribution >= 0.6 is 11.3 Å². The van der Waals surface area contributed by atoms with Gasteiger partial charge in [0.1, 0.15) is 4.88 Å². The number of rotatable bonds is 4. The zero-order chi connectivity index (χ0) is 18.6. The Kier molecular flexibility index (Phi) is 5.79. The van der Waals surface area contributed by atoms with Crippen LogP contribution in [0.25, 0.3) is 0 Å². The first-order chi connectivity index (χ1) is 11.7. The molecule has 2 aromatic rings. The number of hydrogen-bond acceptors (Lipinski definition) is 5. The number of nitrogens with one attached hydrogen (secondary N) is 2. The van der Waals surface area contributed by atoms with Crippen molar-refractivity contribution in [2.75, 3.05) is 17.2 Å². The van der Waals surface area contributed by atoms with Crippen molar-refractivity contribution in [1.82, 2.24) is 4.98 Å². The fourth-order valence-electron chi connectivity index (χ4n) is 2.09. The molecule has 7 heteroatoms. The number of hydrogen-bond donors (Lipinski definition) is 2. The molecule has 6 nitrogen and oxygen atoms in total. The van der Waals surface area contributed by atoms with Gasteiger partial charge in [0.15, 0.2) is 0 Å². The Morgan fingerprint density at radius 1 is 1.20 bits per heavy atom. The lowest BCUT2D eigenvalue weighted by atomic mass is 9.98. The lowest BCUT2D eigenvalue weighted by Gasteiger charge is -2.14. The number of benzene rings is 1. The molecule has 0 radical (unpaired) electrons. The van der Waals surface area contributed by atoms with Crippen molar-refractivity contribution < 1.29 is 14.3 Å². The zero-order valence-corrected chi connectivity index (χ0v) is 15.9. The number of carbonyl (C=O) groups is 2. The third-order valence-electron chi connectivity index (χ3n) is 3.47. The molecule has 1 heterocycles. The van der Waals surface area contributed by atoms with E-state index in [1.54, 1.807) is 31.3 Å². The van der Waals surface area contributed by atoms with Crippen molar-refractivity contribution in [3.8, 4) is 0 Å². The second-order valence-electron chi connectivity index (χ2n) is 6.56. The van der Waals surface area contributed by atoms with E-state index in [2.05, 4.69) is 36.4 Å². The maximum absolute atomic E-state index is 12.5. The highest BCUT2D eigenvalue weighted by atomic mass is 32.1. The van der Waals surface area contributed by atoms with E-state index in [0.29, 0.717) is 22.9 Å². The average Bonchev–Trinajstić information content (AvgIpc) is 3.01. The Morgan fingerprint density at radius 3 is 2.40 bits per heavy atom. The summed E-state index contributed by atoms with van der Waals surface area (Å²) in [6.07, 6.45) is 1.07. The van der Waals surface area contributed by atoms with Gasteiger partial charge in [0.2, 0.25) is 0 Å². The summed E-state index contributed by atoms with van der Waals surface area (Å²) in [6, 6.07) is 5.30. The Hall–Kier alpha value is -2.41. The maximum atomic E-state index is 12.5. The number of carbonyl (C=O) groups excluding carboxylic acids is 2. The van der Waals surface area contributed by atoms with Crippen LogP contribution < -0.4 is 10.6 Å². The first kappa shape index (κ1) is 18.9. The molecule has 0 spiro atoms. The van der Waals surface area contributed by atoms with Gasteiger partial charge in [0.25, 0.3) is 5.91 Å². The van der Waals surface area contributed by atoms with Crippen LogP contribution in [-0.2, 0) is 10.2 Å². The highest BCUT2D eigenvalue weighted by Gasteiger charge is 2.21. The number of amides is 2. The molecule has 0 aliphatic heterocycles. The molecule has 2 N–H and O–H groups in total. The molecule has 0 fully saturated rings. The molecule has 0 unspecified atom stereocenters. The summed E-state index contributed by atoms with van der Waals surface area (Å²) in [5.41, 5.74) is 1.88. The topological polar surface area (TPSA) is 80.3 Å². The van der Waals surface area contributed by atoms with Crippen LogP contribution in [-0.4, -0.2) is 23.6 Å². The Morgan fingerprint density at radius 2 is 1.84 bits per heavy atom. The first-order valence-corrected chi connectivity index (χ1v) is 8.85. The second kappa shape index (κ2) is 7.65. The normalized spacial score (nSPS) is 11.1. The van der Waals surface area contributed by atoms with Crippen LogP contribution in [0.1, 0.15) is 47.9 Å². The van der Waals surface area contributed by atoms with E-state index in [9.17, 15) is 9.59 Å². The molecule has 0 aliphatic rings. The molecule has 1 aromatic carbocycles. The van der Waals surface area contributed by atoms with Gasteiger partial charge in [-0.15, -0.1) is 11.3 Å². The summed E-state index contributed by atoms with van der Waals surface area (Å²) >= 11 is 1.38. The van der Waals surface area contributed by atoms with Crippen LogP contribution in [0.5, 0.6) is 0 Å². The standard InChI is InChI=1S/C18H23N3O3S/c1-6-24-17(23)21-13-9-7-8-12(11(13)2)20-15(22)14-10-19-16(25-14)18(3,4)5/h7-10H,6H2,1-5H3,(H,20,22)(H,21,23). The van der Waals surface area contributed by atoms with Crippen LogP contribution in [0.4, 0.5) is 16.2 Å². The first-order valence-electron chi connectivity index (χ1n) is 8.03. The molecule has 0 saturated heterocycles. The lowest BCUT2D eigenvalue weighted by Crippen LogP contribution is -2.16. The van der Waals surface area contributed by atoms with E-state index in [4.69, 9.17) is 4.74 Å². The molecule has 1 aromatic heterocycles. The highest BCUT2D eigenvalue weighted by molar-refractivity contribution is 7.13. The SMILES string of the molecule is CCOC(=O)Nc1cccc(NC(=O)c2cnc(C(C)(C)C)s2)c1C. The van der Waals surface area contributed by atoms with Crippen molar-refractivity contribution in [3.05, 3.63) is 39.8 Å². The molecular formula is C18H23N3O3S. The van der Waals surface area contributed by atoms with Crippen molar-refractivity contribution in [3.63, 3.8) is 0 Å². The monoisotopic (exact) mass is 361 g/mol. The van der Waals surface area contributed by atoms with Crippen molar-refractivity contribution in [2.45, 2.75) is 40.0 Å². The van der Waals surface area contributed by atoms with Crippen LogP contribution in [0.15, 0.2) is 24.4 Å². The molecule has 25 heavy (non-hydrogen) atoms. The lowest BCUT2D eigenvalue weighted by molar-refractivity contribution is 0.103. The molecule has 2 rings (SSSR count). The predicted molar refractivity (Wildman–Crippen MR) is 101 cm³/mol. The van der Waals surface area contributed by atoms with Gasteiger partial charge in [-0.2, -0.15) is 0 Å². The van der Waals surface area contributed by atoms with E-state index in [-0.39, 0.29) is 11.3 Å². The number of thiazole rings is 1. The molecule has 0 bridgehead atoms. The average molecular weight is 361 g/mol. The van der Waals surface area contributed by atoms with Gasteiger partial charge >= 0.3 is 6.09 Å². The predicted octanol–water partition coefficient (Wildman–Crippen LogP) is 4.57. The van der Waals surface area contributed by atoms with Gasteiger partial charge in [-0.1, -0.05) is 26.8 Å². The third kappa shape index (κ3) is 4.79. The fraction of sp³-hybridized carbons (Fsp3) is 0.389. The minimum absolute atomic E-state index is 0.0947. The van der Waals surface area contributed by atoms with Gasteiger partial charge in [0.05, 0.1) is 17.8 Å². The van der Waals surface area contributed by atoms with Crippen LogP contribution in [0, 0.1) is 6.92 Å². The van der Waals surface area contributed by atoms with E-state index < -0.39 is 6.09 Å². The number of aromatic nitrogens is 1. The smallest absolute Gasteiger partial charge is 0.411 e. The van der Waals surface area contributed by atoms with E-state index in [0.717, 1.165) is 10.6 Å². The Labute approximate surface area is 151 Å². The number of ether oxygens (including phenoxy) is 1. The molecule has 2 amide bonds. The molecular weight excluding hydrogens is 338 g/mol. The fourth-order valence-corrected chi connectivity index (χ4v) is 2.96. The van der Waals surface area contributed by atoms with Gasteiger partial charge in [-0.25, -0.2) is 9.78 Å². The summed E-state index contributed by atoms with van der Waals surface area (Å²) in [5.74, 6) is -0.218. The second-order valence-corrected chi connectivity index (χ2v) is 7.59. The summed E-state index contributed by atoms with van der Waals surface area (Å²) in [7, 11) is 0. The molecule has 0 aliphatic carbocycles. The van der Waals surface area contributed by atoms with Gasteiger partial charge in [-0.3, -0.25) is 10.1 Å².